The van der Waals surface area contributed by atoms with Crippen LogP contribution in [0.4, 0.5) is 0 Å². The zero-order chi connectivity index (χ0) is 14.2. The van der Waals surface area contributed by atoms with Gasteiger partial charge in [0.15, 0.2) is 0 Å². The van der Waals surface area contributed by atoms with Gasteiger partial charge in [-0.15, -0.1) is 0 Å². The molecule has 0 aromatic heterocycles. The van der Waals surface area contributed by atoms with Gasteiger partial charge in [0, 0.05) is 19.7 Å². The quantitative estimate of drug-likeness (QED) is 0.602. The van der Waals surface area contributed by atoms with Gasteiger partial charge in [-0.05, 0) is 40.3 Å². The van der Waals surface area contributed by atoms with Crippen LogP contribution in [0, 0.1) is 0 Å². The Morgan fingerprint density at radius 2 is 2.17 bits per heavy atom. The van der Waals surface area contributed by atoms with Crippen LogP contribution in [-0.2, 0) is 9.53 Å². The van der Waals surface area contributed by atoms with E-state index in [9.17, 15) is 4.79 Å². The third-order valence-corrected chi connectivity index (χ3v) is 3.43. The van der Waals surface area contributed by atoms with E-state index in [1.165, 1.54) is 0 Å². The number of ether oxygens (including phenoxy) is 1. The van der Waals surface area contributed by atoms with E-state index in [0.29, 0.717) is 19.1 Å². The first-order valence-corrected chi connectivity index (χ1v) is 6.61. The van der Waals surface area contributed by atoms with Crippen molar-refractivity contribution in [3.63, 3.8) is 0 Å². The van der Waals surface area contributed by atoms with Crippen molar-refractivity contribution in [3.05, 3.63) is 0 Å². The Bertz CT molecular complexity index is 248. The Labute approximate surface area is 111 Å². The van der Waals surface area contributed by atoms with Gasteiger partial charge in [0.05, 0.1) is 12.1 Å². The maximum atomic E-state index is 11.6. The molecule has 0 aliphatic rings. The number of likely N-dealkylation sites (N-methyl/N-ethyl adjacent to an activating group) is 1. The summed E-state index contributed by atoms with van der Waals surface area (Å²) in [5.74, 6) is -0.288. The highest BCUT2D eigenvalue weighted by molar-refractivity contribution is 5.84. The molecule has 3 N–H and O–H groups in total. The number of rotatable bonds is 10. The minimum atomic E-state index is -0.628. The molecule has 5 nitrogen and oxygen atoms in total. The third-order valence-electron chi connectivity index (χ3n) is 3.43. The van der Waals surface area contributed by atoms with Crippen LogP contribution in [0.15, 0.2) is 0 Å². The molecule has 0 aliphatic heterocycles. The van der Waals surface area contributed by atoms with Crippen LogP contribution in [0.25, 0.3) is 0 Å². The van der Waals surface area contributed by atoms with Crippen molar-refractivity contribution < 1.29 is 9.53 Å². The van der Waals surface area contributed by atoms with Crippen LogP contribution < -0.4 is 11.1 Å². The summed E-state index contributed by atoms with van der Waals surface area (Å²) in [7, 11) is 3.73. The highest BCUT2D eigenvalue weighted by Gasteiger charge is 2.30. The average molecular weight is 259 g/mol. The SMILES string of the molecule is CCCNC(C)(CCN(C)C(C)COC)C(N)=O. The van der Waals surface area contributed by atoms with Gasteiger partial charge in [0.2, 0.25) is 5.91 Å². The molecule has 0 fully saturated rings. The van der Waals surface area contributed by atoms with Gasteiger partial charge in [-0.2, -0.15) is 0 Å². The Kier molecular flexibility index (Phi) is 8.15. The van der Waals surface area contributed by atoms with E-state index in [2.05, 4.69) is 24.1 Å². The average Bonchev–Trinajstić information content (AvgIpc) is 2.33. The molecule has 2 atom stereocenters. The minimum Gasteiger partial charge on any atom is -0.383 e. The lowest BCUT2D eigenvalue weighted by molar-refractivity contribution is -0.124. The van der Waals surface area contributed by atoms with Gasteiger partial charge >= 0.3 is 0 Å². The van der Waals surface area contributed by atoms with Crippen molar-refractivity contribution in [1.29, 1.82) is 0 Å². The summed E-state index contributed by atoms with van der Waals surface area (Å²) in [6, 6.07) is 0.332. The second-order valence-electron chi connectivity index (χ2n) is 5.16. The summed E-state index contributed by atoms with van der Waals surface area (Å²) in [6.07, 6.45) is 1.69. The summed E-state index contributed by atoms with van der Waals surface area (Å²) in [5.41, 5.74) is 4.86. The van der Waals surface area contributed by atoms with Gasteiger partial charge in [-0.1, -0.05) is 6.92 Å². The van der Waals surface area contributed by atoms with Crippen LogP contribution in [0.2, 0.25) is 0 Å². The first kappa shape index (κ1) is 17.4. The number of nitrogens with two attached hydrogens (primary N) is 1. The lowest BCUT2D eigenvalue weighted by Crippen LogP contribution is -2.55. The van der Waals surface area contributed by atoms with E-state index >= 15 is 0 Å². The van der Waals surface area contributed by atoms with Gasteiger partial charge < -0.3 is 20.7 Å². The highest BCUT2D eigenvalue weighted by atomic mass is 16.5. The monoisotopic (exact) mass is 259 g/mol. The van der Waals surface area contributed by atoms with Gasteiger partial charge in [-0.25, -0.2) is 0 Å². The van der Waals surface area contributed by atoms with E-state index in [1.807, 2.05) is 14.0 Å². The topological polar surface area (TPSA) is 67.6 Å². The zero-order valence-corrected chi connectivity index (χ0v) is 12.5. The minimum absolute atomic E-state index is 0.288. The molecule has 0 rings (SSSR count). The number of methoxy groups -OCH3 is 1. The Morgan fingerprint density at radius 1 is 1.56 bits per heavy atom. The first-order valence-electron chi connectivity index (χ1n) is 6.61. The van der Waals surface area contributed by atoms with Crippen molar-refractivity contribution in [3.8, 4) is 0 Å². The lowest BCUT2D eigenvalue weighted by Gasteiger charge is -2.31. The van der Waals surface area contributed by atoms with Crippen LogP contribution in [-0.4, -0.2) is 56.2 Å². The van der Waals surface area contributed by atoms with Crippen LogP contribution in [0.1, 0.15) is 33.6 Å². The van der Waals surface area contributed by atoms with E-state index in [-0.39, 0.29) is 5.91 Å². The predicted molar refractivity (Wildman–Crippen MR) is 74.5 cm³/mol. The van der Waals surface area contributed by atoms with E-state index < -0.39 is 5.54 Å². The van der Waals surface area contributed by atoms with Gasteiger partial charge in [0.1, 0.15) is 0 Å². The van der Waals surface area contributed by atoms with E-state index in [4.69, 9.17) is 10.5 Å². The van der Waals surface area contributed by atoms with Gasteiger partial charge in [0.25, 0.3) is 0 Å². The molecule has 108 valence electrons. The normalized spacial score (nSPS) is 16.6. The number of carbonyl (C=O) groups is 1. The lowest BCUT2D eigenvalue weighted by atomic mass is 9.96. The van der Waals surface area contributed by atoms with Crippen LogP contribution in [0.3, 0.4) is 0 Å². The van der Waals surface area contributed by atoms with Crippen LogP contribution in [0.5, 0.6) is 0 Å². The molecular formula is C13H29N3O2. The molecule has 0 aromatic carbocycles. The molecule has 2 unspecified atom stereocenters. The number of primary amides is 1. The number of amides is 1. The summed E-state index contributed by atoms with van der Waals surface area (Å²) in [6.45, 7) is 8.34. The molecule has 0 saturated carbocycles. The number of nitrogens with one attached hydrogen (secondary N) is 1. The predicted octanol–water partition coefficient (Wildman–Crippen LogP) is 0.587. The summed E-state index contributed by atoms with van der Waals surface area (Å²) >= 11 is 0. The largest absolute Gasteiger partial charge is 0.383 e. The summed E-state index contributed by atoms with van der Waals surface area (Å²) < 4.78 is 5.12. The molecule has 0 heterocycles. The van der Waals surface area contributed by atoms with Crippen molar-refractivity contribution in [2.45, 2.75) is 45.2 Å². The summed E-state index contributed by atoms with van der Waals surface area (Å²) in [4.78, 5) is 13.7. The Hall–Kier alpha value is -0.650. The van der Waals surface area contributed by atoms with Crippen molar-refractivity contribution in [2.75, 3.05) is 33.9 Å². The second kappa shape index (κ2) is 8.45. The van der Waals surface area contributed by atoms with E-state index in [1.54, 1.807) is 7.11 Å². The Morgan fingerprint density at radius 3 is 2.61 bits per heavy atom. The maximum Gasteiger partial charge on any atom is 0.237 e. The molecule has 0 aliphatic carbocycles. The van der Waals surface area contributed by atoms with Crippen molar-refractivity contribution >= 4 is 5.91 Å². The first-order chi connectivity index (χ1) is 8.37. The number of hydrogen-bond acceptors (Lipinski definition) is 4. The smallest absolute Gasteiger partial charge is 0.237 e. The fraction of sp³-hybridized carbons (Fsp3) is 0.923. The fourth-order valence-corrected chi connectivity index (χ4v) is 1.69. The van der Waals surface area contributed by atoms with Gasteiger partial charge in [-0.3, -0.25) is 4.79 Å². The van der Waals surface area contributed by atoms with Crippen molar-refractivity contribution in [2.24, 2.45) is 5.73 Å². The fourth-order valence-electron chi connectivity index (χ4n) is 1.69. The van der Waals surface area contributed by atoms with Crippen LogP contribution >= 0.6 is 0 Å². The zero-order valence-electron chi connectivity index (χ0n) is 12.5. The molecule has 0 aromatic rings. The molecule has 0 spiro atoms. The second-order valence-corrected chi connectivity index (χ2v) is 5.16. The molecule has 0 radical (unpaired) electrons. The summed E-state index contributed by atoms with van der Waals surface area (Å²) in [5, 5.41) is 3.24. The standard InChI is InChI=1S/C13H29N3O2/c1-6-8-15-13(3,12(14)17)7-9-16(4)11(2)10-18-5/h11,15H,6-10H2,1-5H3,(H2,14,17). The molecule has 0 saturated heterocycles. The number of carbonyl (C=O) groups excluding carboxylic acids is 1. The van der Waals surface area contributed by atoms with E-state index in [0.717, 1.165) is 19.5 Å². The Balaban J connectivity index is 4.30. The molecule has 1 amide bonds. The van der Waals surface area contributed by atoms with Crippen molar-refractivity contribution in [1.82, 2.24) is 10.2 Å². The molecule has 18 heavy (non-hydrogen) atoms. The highest BCUT2D eigenvalue weighted by Crippen LogP contribution is 2.11. The molecule has 5 heteroatoms. The molecular weight excluding hydrogens is 230 g/mol. The molecule has 0 bridgehead atoms. The number of nitrogens with zero attached hydrogens (tertiary/aromatic N) is 1. The number of hydrogen-bond donors (Lipinski definition) is 2. The maximum absolute atomic E-state index is 11.6. The third kappa shape index (κ3) is 5.80.